The number of carboxylic acid groups (broad SMARTS) is 3. The van der Waals surface area contributed by atoms with E-state index < -0.39 is 34.8 Å². The maximum atomic E-state index is 11.3. The summed E-state index contributed by atoms with van der Waals surface area (Å²) in [5.74, 6) is -2.94. The molecule has 14 nitrogen and oxygen atoms in total. The molecule has 0 radical (unpaired) electrons. The molecule has 29 heavy (non-hydrogen) atoms. The Morgan fingerprint density at radius 2 is 1.24 bits per heavy atom. The van der Waals surface area contributed by atoms with Crippen molar-refractivity contribution in [2.24, 2.45) is 0 Å². The molecule has 0 fully saturated rings. The molecule has 6 N–H and O–H groups in total. The summed E-state index contributed by atoms with van der Waals surface area (Å²) in [5, 5.41) is 22.8. The average molecular weight is 409 g/mol. The molecule has 0 aliphatic rings. The van der Waals surface area contributed by atoms with Crippen molar-refractivity contribution < 1.29 is 29.7 Å². The van der Waals surface area contributed by atoms with Crippen LogP contribution in [0, 0.1) is 6.57 Å². The number of nitrogens with one attached hydrogen (secondary N) is 3. The number of nitrogens with zero attached hydrogens (tertiary/aromatic N) is 2. The molecule has 2 aromatic heterocycles. The van der Waals surface area contributed by atoms with E-state index in [9.17, 15) is 28.8 Å². The first-order valence-corrected chi connectivity index (χ1v) is 6.86. The summed E-state index contributed by atoms with van der Waals surface area (Å²) >= 11 is 0. The summed E-state index contributed by atoms with van der Waals surface area (Å²) in [6.45, 7) is 15.5. The highest BCUT2D eigenvalue weighted by Gasteiger charge is 2.12. The average Bonchev–Trinajstić information content (AvgIpc) is 3.03. The maximum Gasteiger partial charge on any atom is 0.398 e. The summed E-state index contributed by atoms with van der Waals surface area (Å²) in [6.07, 6.45) is 2.50. The van der Waals surface area contributed by atoms with Crippen LogP contribution in [0.5, 0.6) is 0 Å². The van der Waals surface area contributed by atoms with Gasteiger partial charge in [-0.3, -0.25) is 19.7 Å². The minimum atomic E-state index is -0.981. The molecule has 0 atom stereocenters. The number of rotatable bonds is 3. The molecule has 154 valence electrons. The van der Waals surface area contributed by atoms with Crippen LogP contribution >= 0.6 is 0 Å². The monoisotopic (exact) mass is 409 g/mol. The second-order valence-electron chi connectivity index (χ2n) is 4.10. The molecule has 14 heteroatoms. The Morgan fingerprint density at radius 1 is 0.862 bits per heavy atom. The van der Waals surface area contributed by atoms with E-state index in [1.54, 1.807) is 0 Å². The third-order valence-corrected chi connectivity index (χ3v) is 2.18. The summed E-state index contributed by atoms with van der Waals surface area (Å²) in [6, 6.07) is 0. The van der Waals surface area contributed by atoms with Crippen LogP contribution < -0.4 is 16.9 Å². The third kappa shape index (κ3) is 10.6. The Balaban J connectivity index is 0. The largest absolute Gasteiger partial charge is 0.478 e. The van der Waals surface area contributed by atoms with Crippen molar-refractivity contribution in [2.45, 2.75) is 0 Å². The lowest BCUT2D eigenvalue weighted by atomic mass is 10.5. The van der Waals surface area contributed by atoms with E-state index in [-0.39, 0.29) is 11.2 Å². The van der Waals surface area contributed by atoms with Crippen molar-refractivity contribution in [2.75, 3.05) is 0 Å². The number of imidazole rings is 1. The van der Waals surface area contributed by atoms with E-state index in [1.807, 2.05) is 0 Å². The second kappa shape index (κ2) is 13.3. The van der Waals surface area contributed by atoms with Crippen molar-refractivity contribution in [1.29, 1.82) is 0 Å². The lowest BCUT2D eigenvalue weighted by Crippen LogP contribution is -2.30. The summed E-state index contributed by atoms with van der Waals surface area (Å²) in [5.41, 5.74) is -2.48. The highest BCUT2D eigenvalue weighted by molar-refractivity contribution is 5.79. The van der Waals surface area contributed by atoms with Gasteiger partial charge in [0.05, 0.1) is 4.68 Å². The van der Waals surface area contributed by atoms with Gasteiger partial charge in [0.1, 0.15) is 5.65 Å². The van der Waals surface area contributed by atoms with Gasteiger partial charge < -0.3 is 15.3 Å². The molecule has 2 rings (SSSR count). The van der Waals surface area contributed by atoms with E-state index in [4.69, 9.17) is 21.9 Å². The first-order chi connectivity index (χ1) is 13.4. The minimum Gasteiger partial charge on any atom is -0.478 e. The Kier molecular flexibility index (Phi) is 12.1. The molecule has 0 saturated carbocycles. The number of fused-ring (bicyclic) bond motifs is 1. The number of carbonyl (C=O) groups is 3. The van der Waals surface area contributed by atoms with Gasteiger partial charge in [-0.2, -0.15) is 6.57 Å². The molecule has 0 bridgehead atoms. The minimum absolute atomic E-state index is 0.00935. The van der Waals surface area contributed by atoms with Gasteiger partial charge in [-0.05, 0) is 0 Å². The molecule has 0 saturated heterocycles. The molecule has 2 aromatic rings. The quantitative estimate of drug-likeness (QED) is 0.274. The van der Waals surface area contributed by atoms with Crippen LogP contribution in [-0.2, 0) is 14.4 Å². The highest BCUT2D eigenvalue weighted by Crippen LogP contribution is 1.91. The number of aromatic amines is 3. The summed E-state index contributed by atoms with van der Waals surface area (Å²) in [4.78, 5) is 70.2. The van der Waals surface area contributed by atoms with Gasteiger partial charge in [0.15, 0.2) is 5.52 Å². The van der Waals surface area contributed by atoms with Gasteiger partial charge in [0.25, 0.3) is 0 Å². The molecule has 0 amide bonds. The first-order valence-electron chi connectivity index (χ1n) is 6.86. The van der Waals surface area contributed by atoms with Crippen molar-refractivity contribution in [3.8, 4) is 0 Å². The van der Waals surface area contributed by atoms with Crippen molar-refractivity contribution in [3.05, 3.63) is 80.8 Å². The van der Waals surface area contributed by atoms with Gasteiger partial charge in [0.2, 0.25) is 0 Å². The van der Waals surface area contributed by atoms with Gasteiger partial charge in [-0.15, -0.1) is 4.95 Å². The molecule has 0 aliphatic heterocycles. The van der Waals surface area contributed by atoms with Crippen LogP contribution in [0.2, 0.25) is 0 Å². The molecule has 0 aromatic carbocycles. The second-order valence-corrected chi connectivity index (χ2v) is 4.10. The Hall–Kier alpha value is -4.93. The molecule has 0 aliphatic carbocycles. The standard InChI is InChI=1S/C6H3N5O3.3C3H4O2/c1-7-11-4(12)2-3(10-6(11)14)9-5(13)8-2;3*1-2-3(4)5/h(H,10,14)(H2,8,9,13);3*2H,1H2,(H,4,5). The summed E-state index contributed by atoms with van der Waals surface area (Å²) in [7, 11) is 0. The van der Waals surface area contributed by atoms with Crippen LogP contribution in [0.4, 0.5) is 0 Å². The molecule has 0 unspecified atom stereocenters. The van der Waals surface area contributed by atoms with Gasteiger partial charge in [-0.1, -0.05) is 19.7 Å². The highest BCUT2D eigenvalue weighted by atomic mass is 16.4. The predicted molar refractivity (Wildman–Crippen MR) is 99.3 cm³/mol. The normalized spacial score (nSPS) is 8.24. The fourth-order valence-electron chi connectivity index (χ4n) is 1.09. The fraction of sp³-hybridized carbons (Fsp3) is 0. The van der Waals surface area contributed by atoms with Crippen LogP contribution in [-0.4, -0.2) is 52.9 Å². The Morgan fingerprint density at radius 3 is 1.55 bits per heavy atom. The molecular formula is C15H15N5O9. The predicted octanol–water partition coefficient (Wildman–Crippen LogP) is -0.840. The topological polar surface area (TPSA) is 220 Å². The van der Waals surface area contributed by atoms with E-state index in [0.29, 0.717) is 4.68 Å². The number of hydrogen-bond donors (Lipinski definition) is 6. The van der Waals surface area contributed by atoms with Crippen LogP contribution in [0.15, 0.2) is 52.3 Å². The zero-order chi connectivity index (χ0) is 23.1. The Bertz CT molecular complexity index is 1080. The molecule has 0 spiro atoms. The van der Waals surface area contributed by atoms with Crippen molar-refractivity contribution >= 4 is 29.1 Å². The van der Waals surface area contributed by atoms with Crippen LogP contribution in [0.1, 0.15) is 0 Å². The van der Waals surface area contributed by atoms with Gasteiger partial charge in [0, 0.05) is 18.2 Å². The van der Waals surface area contributed by atoms with Crippen molar-refractivity contribution in [1.82, 2.24) is 19.6 Å². The van der Waals surface area contributed by atoms with Gasteiger partial charge >= 0.3 is 34.8 Å². The molecular weight excluding hydrogens is 394 g/mol. The van der Waals surface area contributed by atoms with E-state index in [1.165, 1.54) is 0 Å². The number of carboxylic acids is 3. The van der Waals surface area contributed by atoms with E-state index in [2.05, 4.69) is 39.6 Å². The fourth-order valence-corrected chi connectivity index (χ4v) is 1.09. The lowest BCUT2D eigenvalue weighted by Gasteiger charge is -1.87. The maximum absolute atomic E-state index is 11.3. The third-order valence-electron chi connectivity index (χ3n) is 2.18. The van der Waals surface area contributed by atoms with Gasteiger partial charge in [-0.25, -0.2) is 24.0 Å². The smallest absolute Gasteiger partial charge is 0.398 e. The Labute approximate surface area is 160 Å². The first kappa shape index (κ1) is 26.3. The van der Waals surface area contributed by atoms with Crippen molar-refractivity contribution in [3.63, 3.8) is 0 Å². The zero-order valence-corrected chi connectivity index (χ0v) is 14.5. The lowest BCUT2D eigenvalue weighted by molar-refractivity contribution is -0.132. The number of aliphatic carboxylic acids is 3. The zero-order valence-electron chi connectivity index (χ0n) is 14.5. The van der Waals surface area contributed by atoms with Crippen LogP contribution in [0.25, 0.3) is 16.1 Å². The van der Waals surface area contributed by atoms with Crippen LogP contribution in [0.3, 0.4) is 0 Å². The van der Waals surface area contributed by atoms with E-state index >= 15 is 0 Å². The van der Waals surface area contributed by atoms with E-state index in [0.717, 1.165) is 18.2 Å². The molecule has 2 heterocycles. The summed E-state index contributed by atoms with van der Waals surface area (Å²) < 4.78 is 0.298. The number of H-pyrrole nitrogens is 3. The number of hydrogen-bond acceptors (Lipinski definition) is 6. The SMILES string of the molecule is C=CC(=O)O.C=CC(=O)O.C=CC(=O)O.[C-]#[N+]n1c(=O)[nH]c2[nH]c(=O)[nH]c2c1=O. The number of aromatic nitrogens is 4.